The van der Waals surface area contributed by atoms with Crippen molar-refractivity contribution in [3.8, 4) is 22.8 Å². The number of hydrogen-bond acceptors (Lipinski definition) is 8. The third-order valence-corrected chi connectivity index (χ3v) is 9.82. The molecule has 3 aliphatic rings. The zero-order chi connectivity index (χ0) is 28.8. The van der Waals surface area contributed by atoms with Crippen molar-refractivity contribution in [3.63, 3.8) is 0 Å². The fraction of sp³-hybridized carbons (Fsp3) is 0.367. The van der Waals surface area contributed by atoms with Crippen molar-refractivity contribution in [1.29, 1.82) is 0 Å². The molecule has 2 aromatic carbocycles. The second-order valence-electron chi connectivity index (χ2n) is 10.9. The van der Waals surface area contributed by atoms with Gasteiger partial charge in [0, 0.05) is 42.0 Å². The van der Waals surface area contributed by atoms with Gasteiger partial charge in [-0.15, -0.1) is 6.58 Å². The predicted molar refractivity (Wildman–Crippen MR) is 154 cm³/mol. The number of pyridine rings is 1. The molecule has 6 rings (SSSR count). The Hall–Kier alpha value is -3.96. The molecule has 41 heavy (non-hydrogen) atoms. The Morgan fingerprint density at radius 2 is 1.93 bits per heavy atom. The highest BCUT2D eigenvalue weighted by Gasteiger charge is 2.61. The van der Waals surface area contributed by atoms with E-state index in [1.165, 1.54) is 0 Å². The highest BCUT2D eigenvalue weighted by atomic mass is 32.2. The van der Waals surface area contributed by atoms with Crippen molar-refractivity contribution < 1.29 is 27.5 Å². The van der Waals surface area contributed by atoms with Gasteiger partial charge in [0.05, 0.1) is 29.6 Å². The van der Waals surface area contributed by atoms with E-state index in [1.54, 1.807) is 13.2 Å². The first-order chi connectivity index (χ1) is 19.7. The van der Waals surface area contributed by atoms with Crippen LogP contribution >= 0.6 is 0 Å². The van der Waals surface area contributed by atoms with Crippen molar-refractivity contribution in [2.24, 2.45) is 5.92 Å². The van der Waals surface area contributed by atoms with E-state index in [9.17, 15) is 18.0 Å². The lowest BCUT2D eigenvalue weighted by atomic mass is 10.1. The van der Waals surface area contributed by atoms with Gasteiger partial charge in [0.25, 0.3) is 5.91 Å². The van der Waals surface area contributed by atoms with E-state index in [0.717, 1.165) is 22.2 Å². The molecule has 214 valence electrons. The van der Waals surface area contributed by atoms with Gasteiger partial charge in [-0.05, 0) is 31.4 Å². The Bertz CT molecular complexity index is 1620. The molecule has 1 unspecified atom stereocenters. The minimum atomic E-state index is -3.74. The van der Waals surface area contributed by atoms with Crippen LogP contribution in [-0.4, -0.2) is 61.8 Å². The number of fused-ring (bicyclic) bond motifs is 1. The molecular formula is C30H32N4O6S. The minimum Gasteiger partial charge on any atom is -0.497 e. The summed E-state index contributed by atoms with van der Waals surface area (Å²) in [6.07, 6.45) is 2.99. The smallest absolute Gasteiger partial charge is 0.259 e. The van der Waals surface area contributed by atoms with Gasteiger partial charge in [0.2, 0.25) is 15.9 Å². The number of ether oxygens (including phenoxy) is 2. The average Bonchev–Trinajstić information content (AvgIpc) is 3.90. The van der Waals surface area contributed by atoms with Gasteiger partial charge in [-0.3, -0.25) is 14.3 Å². The summed E-state index contributed by atoms with van der Waals surface area (Å²) in [7, 11) is -2.13. The van der Waals surface area contributed by atoms with Crippen LogP contribution in [0.2, 0.25) is 0 Å². The molecule has 3 fully saturated rings. The van der Waals surface area contributed by atoms with Crippen molar-refractivity contribution in [2.45, 2.75) is 48.6 Å². The number of hydrogen-bond donors (Lipinski definition) is 3. The molecule has 11 heteroatoms. The Kier molecular flexibility index (Phi) is 6.95. The van der Waals surface area contributed by atoms with Crippen LogP contribution in [0, 0.1) is 5.92 Å². The Morgan fingerprint density at radius 3 is 2.61 bits per heavy atom. The molecular weight excluding hydrogens is 544 g/mol. The summed E-state index contributed by atoms with van der Waals surface area (Å²) in [5.74, 6) is -0.110. The van der Waals surface area contributed by atoms with Crippen LogP contribution in [-0.2, 0) is 19.6 Å². The number of sulfonamides is 1. The number of nitrogens with one attached hydrogen (secondary N) is 3. The van der Waals surface area contributed by atoms with Gasteiger partial charge in [-0.1, -0.05) is 36.4 Å². The van der Waals surface area contributed by atoms with E-state index < -0.39 is 32.8 Å². The number of carbonyl (C=O) groups excluding carboxylic acids is 2. The van der Waals surface area contributed by atoms with E-state index in [-0.39, 0.29) is 17.9 Å². The number of carbonyl (C=O) groups is 2. The fourth-order valence-electron chi connectivity index (χ4n) is 5.35. The molecule has 1 saturated heterocycles. The summed E-state index contributed by atoms with van der Waals surface area (Å²) in [6.45, 7) is 4.16. The van der Waals surface area contributed by atoms with Gasteiger partial charge in [-0.25, -0.2) is 13.4 Å². The van der Waals surface area contributed by atoms with Crippen LogP contribution in [0.1, 0.15) is 25.7 Å². The summed E-state index contributed by atoms with van der Waals surface area (Å²) in [4.78, 5) is 31.1. The molecule has 2 heterocycles. The maximum absolute atomic E-state index is 13.3. The molecule has 2 saturated carbocycles. The summed E-state index contributed by atoms with van der Waals surface area (Å²) in [5, 5.41) is 6.29. The molecule has 1 aliphatic heterocycles. The average molecular weight is 577 g/mol. The normalized spacial score (nSPS) is 25.3. The number of nitrogens with zero attached hydrogens (tertiary/aromatic N) is 1. The van der Waals surface area contributed by atoms with Crippen molar-refractivity contribution in [3.05, 3.63) is 67.3 Å². The minimum absolute atomic E-state index is 0.301. The highest BCUT2D eigenvalue weighted by Crippen LogP contribution is 2.45. The van der Waals surface area contributed by atoms with Crippen molar-refractivity contribution >= 4 is 32.7 Å². The highest BCUT2D eigenvalue weighted by molar-refractivity contribution is 7.91. The van der Waals surface area contributed by atoms with Crippen molar-refractivity contribution in [2.75, 3.05) is 13.7 Å². The zero-order valence-corrected chi connectivity index (χ0v) is 23.4. The largest absolute Gasteiger partial charge is 0.497 e. The number of aromatic nitrogens is 1. The second kappa shape index (κ2) is 10.5. The second-order valence-corrected chi connectivity index (χ2v) is 12.8. The van der Waals surface area contributed by atoms with Crippen LogP contribution in [0.4, 0.5) is 0 Å². The molecule has 10 nitrogen and oxygen atoms in total. The summed E-state index contributed by atoms with van der Waals surface area (Å²) in [5.41, 5.74) is 1.10. The molecule has 3 aromatic rings. The molecule has 2 aliphatic carbocycles. The Balaban J connectivity index is 1.17. The van der Waals surface area contributed by atoms with Crippen LogP contribution in [0.15, 0.2) is 67.3 Å². The van der Waals surface area contributed by atoms with E-state index in [2.05, 4.69) is 21.9 Å². The number of methoxy groups -OCH3 is 1. The summed E-state index contributed by atoms with van der Waals surface area (Å²) >= 11 is 0. The Labute approximate surface area is 238 Å². The van der Waals surface area contributed by atoms with Gasteiger partial charge in [0.1, 0.15) is 23.1 Å². The standard InChI is InChI=1S/C30H32N4O6S/c1-3-19-16-30(19,29(36)34-41(37,38)22-10-11-22)33-28(35)26-14-21(17-31-26)40-27-15-24(18-7-5-4-6-8-18)32-25-13-20(39-2)9-12-23(25)27/h3-9,12-13,15,19,21-22,26,31H,1,10-11,14,16-17H2,2H3,(H,33,35)(H,34,36)/t19?,21-,26+,30-/m1/s1. The number of benzene rings is 2. The van der Waals surface area contributed by atoms with Gasteiger partial charge < -0.3 is 20.1 Å². The maximum Gasteiger partial charge on any atom is 0.259 e. The molecule has 1 aromatic heterocycles. The van der Waals surface area contributed by atoms with E-state index in [1.807, 2.05) is 54.6 Å². The third-order valence-electron chi connectivity index (χ3n) is 8.00. The monoisotopic (exact) mass is 576 g/mol. The third kappa shape index (κ3) is 5.39. The quantitative estimate of drug-likeness (QED) is 0.314. The van der Waals surface area contributed by atoms with Gasteiger partial charge in [0.15, 0.2) is 0 Å². The molecule has 3 N–H and O–H groups in total. The number of amides is 2. The lowest BCUT2D eigenvalue weighted by Gasteiger charge is -2.21. The molecule has 0 bridgehead atoms. The predicted octanol–water partition coefficient (Wildman–Crippen LogP) is 2.69. The van der Waals surface area contributed by atoms with Crippen molar-refractivity contribution in [1.82, 2.24) is 20.3 Å². The molecule has 2 amide bonds. The van der Waals surface area contributed by atoms with Crippen LogP contribution in [0.5, 0.6) is 11.5 Å². The molecule has 0 spiro atoms. The maximum atomic E-state index is 13.3. The SMILES string of the molecule is C=CC1C[C@]1(NC(=O)[C@@H]1C[C@@H](Oc2cc(-c3ccccc3)nc3cc(OC)ccc23)CN1)C(=O)NS(=O)(=O)C1CC1. The van der Waals surface area contributed by atoms with E-state index >= 15 is 0 Å². The fourth-order valence-corrected chi connectivity index (χ4v) is 6.72. The first kappa shape index (κ1) is 27.2. The zero-order valence-electron chi connectivity index (χ0n) is 22.6. The lowest BCUT2D eigenvalue weighted by Crippen LogP contribution is -2.55. The first-order valence-corrected chi connectivity index (χ1v) is 15.2. The van der Waals surface area contributed by atoms with Gasteiger partial charge >= 0.3 is 0 Å². The molecule has 4 atom stereocenters. The molecule has 0 radical (unpaired) electrons. The van der Waals surface area contributed by atoms with E-state index in [0.29, 0.717) is 43.7 Å². The van der Waals surface area contributed by atoms with Crippen LogP contribution < -0.4 is 24.8 Å². The number of rotatable bonds is 10. The first-order valence-electron chi connectivity index (χ1n) is 13.7. The summed E-state index contributed by atoms with van der Waals surface area (Å²) < 4.78 is 38.7. The van der Waals surface area contributed by atoms with E-state index in [4.69, 9.17) is 14.5 Å². The topological polar surface area (TPSA) is 136 Å². The van der Waals surface area contributed by atoms with Crippen LogP contribution in [0.3, 0.4) is 0 Å². The lowest BCUT2D eigenvalue weighted by molar-refractivity contribution is -0.130. The van der Waals surface area contributed by atoms with Crippen LogP contribution in [0.25, 0.3) is 22.2 Å². The summed E-state index contributed by atoms with van der Waals surface area (Å²) in [6, 6.07) is 16.7. The Morgan fingerprint density at radius 1 is 1.15 bits per heavy atom. The van der Waals surface area contributed by atoms with Gasteiger partial charge in [-0.2, -0.15) is 0 Å².